The maximum Gasteiger partial charge on any atom is 0.107 e. The zero-order valence-corrected chi connectivity index (χ0v) is 8.89. The summed E-state index contributed by atoms with van der Waals surface area (Å²) in [6.45, 7) is 3.44. The molecule has 3 aliphatic rings. The van der Waals surface area contributed by atoms with E-state index < -0.39 is 0 Å². The van der Waals surface area contributed by atoms with E-state index in [4.69, 9.17) is 0 Å². The van der Waals surface area contributed by atoms with Crippen molar-refractivity contribution in [3.05, 3.63) is 35.9 Å². The van der Waals surface area contributed by atoms with Crippen molar-refractivity contribution in [1.82, 2.24) is 0 Å². The quantitative estimate of drug-likeness (QED) is 0.664. The molecule has 15 heavy (non-hydrogen) atoms. The van der Waals surface area contributed by atoms with Gasteiger partial charge in [-0.15, -0.1) is 0 Å². The second kappa shape index (κ2) is 3.62. The molecule has 2 heteroatoms. The van der Waals surface area contributed by atoms with Crippen molar-refractivity contribution >= 4 is 0 Å². The van der Waals surface area contributed by atoms with Gasteiger partial charge < -0.3 is 10.0 Å². The van der Waals surface area contributed by atoms with E-state index in [-0.39, 0.29) is 6.10 Å². The molecule has 3 aliphatic heterocycles. The third kappa shape index (κ3) is 1.58. The van der Waals surface area contributed by atoms with Gasteiger partial charge in [-0.2, -0.15) is 0 Å². The molecule has 2 N–H and O–H groups in total. The number of hydrogen-bond acceptors (Lipinski definition) is 1. The van der Waals surface area contributed by atoms with Crippen molar-refractivity contribution in [2.45, 2.75) is 18.4 Å². The second-order valence-electron chi connectivity index (χ2n) is 4.95. The molecule has 0 saturated carbocycles. The molecule has 80 valence electrons. The Morgan fingerprint density at radius 2 is 1.93 bits per heavy atom. The monoisotopic (exact) mass is 204 g/mol. The van der Waals surface area contributed by atoms with Crippen LogP contribution in [-0.2, 0) is 0 Å². The number of nitrogens with one attached hydrogen (secondary N) is 1. The molecule has 0 aromatic heterocycles. The Hall–Kier alpha value is -0.860. The third-order valence-corrected chi connectivity index (χ3v) is 4.08. The number of fused-ring (bicyclic) bond motifs is 3. The molecule has 3 fully saturated rings. The lowest BCUT2D eigenvalue weighted by Gasteiger charge is -2.45. The van der Waals surface area contributed by atoms with E-state index in [1.54, 1.807) is 4.90 Å². The van der Waals surface area contributed by atoms with Gasteiger partial charge in [0.15, 0.2) is 0 Å². The highest BCUT2D eigenvalue weighted by Crippen LogP contribution is 2.32. The molecule has 4 atom stereocenters. The minimum absolute atomic E-state index is 0.0762. The van der Waals surface area contributed by atoms with Crippen LogP contribution >= 0.6 is 0 Å². The predicted octanol–water partition coefficient (Wildman–Crippen LogP) is 0.0495. The van der Waals surface area contributed by atoms with Gasteiger partial charge in [-0.05, 0) is 5.56 Å². The van der Waals surface area contributed by atoms with Crippen LogP contribution in [0.15, 0.2) is 30.3 Å². The fourth-order valence-electron chi connectivity index (χ4n) is 3.29. The standard InChI is InChI=1S/C13H17NO/c15-13-9-14-7-6-11(13)12(8-14)10-4-2-1-3-5-10/h1-5,11-13,15H,6-9H2/p+1/t11-,12-,13-/m1/s1. The number of hydrogen-bond donors (Lipinski definition) is 2. The Labute approximate surface area is 90.5 Å². The van der Waals surface area contributed by atoms with Crippen LogP contribution < -0.4 is 4.90 Å². The largest absolute Gasteiger partial charge is 0.387 e. The van der Waals surface area contributed by atoms with E-state index in [1.807, 2.05) is 0 Å². The molecule has 0 radical (unpaired) electrons. The van der Waals surface area contributed by atoms with Crippen LogP contribution in [0.5, 0.6) is 0 Å². The van der Waals surface area contributed by atoms with E-state index in [0.29, 0.717) is 11.8 Å². The summed E-state index contributed by atoms with van der Waals surface area (Å²) in [4.78, 5) is 1.58. The molecule has 0 aliphatic carbocycles. The number of aliphatic hydroxyl groups is 1. The summed E-state index contributed by atoms with van der Waals surface area (Å²) in [6.07, 6.45) is 1.11. The lowest BCUT2D eigenvalue weighted by molar-refractivity contribution is -0.922. The molecule has 1 aromatic rings. The summed E-state index contributed by atoms with van der Waals surface area (Å²) in [5.74, 6) is 1.09. The molecule has 0 spiro atoms. The highest BCUT2D eigenvalue weighted by atomic mass is 16.3. The van der Waals surface area contributed by atoms with Gasteiger partial charge in [0.25, 0.3) is 0 Å². The number of quaternary nitrogens is 1. The van der Waals surface area contributed by atoms with E-state index in [0.717, 1.165) is 6.54 Å². The van der Waals surface area contributed by atoms with Gasteiger partial charge >= 0.3 is 0 Å². The molecule has 4 rings (SSSR count). The van der Waals surface area contributed by atoms with Gasteiger partial charge in [-0.3, -0.25) is 0 Å². The molecule has 2 bridgehead atoms. The highest BCUT2D eigenvalue weighted by Gasteiger charge is 2.43. The SMILES string of the molecule is O[C@@H]1C[NH+]2CC[C@@H]1[C@@H](c1ccccc1)C2. The van der Waals surface area contributed by atoms with Gasteiger partial charge in [0.2, 0.25) is 0 Å². The van der Waals surface area contributed by atoms with Gasteiger partial charge in [-0.1, -0.05) is 30.3 Å². The van der Waals surface area contributed by atoms with Gasteiger partial charge in [0, 0.05) is 18.3 Å². The van der Waals surface area contributed by atoms with Crippen LogP contribution in [0.25, 0.3) is 0 Å². The summed E-state index contributed by atoms with van der Waals surface area (Å²) in [7, 11) is 0. The zero-order valence-electron chi connectivity index (χ0n) is 8.89. The maximum absolute atomic E-state index is 10.0. The van der Waals surface area contributed by atoms with E-state index in [2.05, 4.69) is 30.3 Å². The topological polar surface area (TPSA) is 24.7 Å². The number of piperidine rings is 3. The second-order valence-corrected chi connectivity index (χ2v) is 4.95. The fourth-order valence-corrected chi connectivity index (χ4v) is 3.29. The fraction of sp³-hybridized carbons (Fsp3) is 0.538. The van der Waals surface area contributed by atoms with Crippen molar-refractivity contribution in [3.63, 3.8) is 0 Å². The number of rotatable bonds is 1. The summed E-state index contributed by atoms with van der Waals surface area (Å²) in [5.41, 5.74) is 1.42. The Morgan fingerprint density at radius 3 is 2.60 bits per heavy atom. The van der Waals surface area contributed by atoms with Gasteiger partial charge in [-0.25, -0.2) is 0 Å². The smallest absolute Gasteiger partial charge is 0.107 e. The third-order valence-electron chi connectivity index (χ3n) is 4.08. The average Bonchev–Trinajstić information content (AvgIpc) is 2.30. The first-order valence-corrected chi connectivity index (χ1v) is 5.91. The summed E-state index contributed by atoms with van der Waals surface area (Å²) < 4.78 is 0. The molecule has 2 nitrogen and oxygen atoms in total. The molecule has 0 amide bonds. The first kappa shape index (κ1) is 9.37. The van der Waals surface area contributed by atoms with Gasteiger partial charge in [0.05, 0.1) is 13.1 Å². The highest BCUT2D eigenvalue weighted by molar-refractivity contribution is 5.21. The van der Waals surface area contributed by atoms with Crippen LogP contribution in [0.3, 0.4) is 0 Å². The van der Waals surface area contributed by atoms with Crippen molar-refractivity contribution in [1.29, 1.82) is 0 Å². The normalized spacial score (nSPS) is 39.3. The molecule has 3 heterocycles. The summed E-state index contributed by atoms with van der Waals surface area (Å²) in [5, 5.41) is 10.0. The Balaban J connectivity index is 1.88. The average molecular weight is 204 g/mol. The molecule has 3 saturated heterocycles. The maximum atomic E-state index is 10.0. The number of aliphatic hydroxyl groups excluding tert-OH is 1. The van der Waals surface area contributed by atoms with Crippen LogP contribution in [0, 0.1) is 5.92 Å². The first-order valence-electron chi connectivity index (χ1n) is 5.91. The van der Waals surface area contributed by atoms with E-state index in [9.17, 15) is 5.11 Å². The lowest BCUT2D eigenvalue weighted by atomic mass is 9.74. The molecule has 1 unspecified atom stereocenters. The van der Waals surface area contributed by atoms with Crippen molar-refractivity contribution < 1.29 is 10.0 Å². The van der Waals surface area contributed by atoms with E-state index >= 15 is 0 Å². The summed E-state index contributed by atoms with van der Waals surface area (Å²) in [6, 6.07) is 10.7. The van der Waals surface area contributed by atoms with Crippen LogP contribution in [0.2, 0.25) is 0 Å². The van der Waals surface area contributed by atoms with Crippen LogP contribution in [0.1, 0.15) is 17.9 Å². The zero-order chi connectivity index (χ0) is 10.3. The first-order chi connectivity index (χ1) is 7.34. The molecule has 1 aromatic carbocycles. The lowest BCUT2D eigenvalue weighted by Crippen LogP contribution is -3.17. The van der Waals surface area contributed by atoms with E-state index in [1.165, 1.54) is 25.1 Å². The van der Waals surface area contributed by atoms with Crippen molar-refractivity contribution in [2.24, 2.45) is 5.92 Å². The Morgan fingerprint density at radius 1 is 1.13 bits per heavy atom. The molecular weight excluding hydrogens is 186 g/mol. The number of benzene rings is 1. The van der Waals surface area contributed by atoms with Crippen molar-refractivity contribution in [2.75, 3.05) is 19.6 Å². The Bertz CT molecular complexity index is 338. The minimum Gasteiger partial charge on any atom is -0.387 e. The predicted molar refractivity (Wildman–Crippen MR) is 58.9 cm³/mol. The molecular formula is C13H18NO+. The van der Waals surface area contributed by atoms with Crippen LogP contribution in [0.4, 0.5) is 0 Å². The van der Waals surface area contributed by atoms with Gasteiger partial charge in [0.1, 0.15) is 12.6 Å². The van der Waals surface area contributed by atoms with Crippen molar-refractivity contribution in [3.8, 4) is 0 Å². The Kier molecular flexibility index (Phi) is 2.26. The summed E-state index contributed by atoms with van der Waals surface area (Å²) >= 11 is 0. The minimum atomic E-state index is -0.0762. The van der Waals surface area contributed by atoms with Crippen LogP contribution in [-0.4, -0.2) is 30.8 Å².